The lowest BCUT2D eigenvalue weighted by molar-refractivity contribution is 0.193. The van der Waals surface area contributed by atoms with Crippen LogP contribution < -0.4 is 4.74 Å². The van der Waals surface area contributed by atoms with E-state index in [4.69, 9.17) is 4.74 Å². The number of benzene rings is 1. The lowest BCUT2D eigenvalue weighted by atomic mass is 10.1. The van der Waals surface area contributed by atoms with Crippen LogP contribution in [0.15, 0.2) is 30.9 Å². The molecule has 0 unspecified atom stereocenters. The van der Waals surface area contributed by atoms with E-state index in [1.165, 1.54) is 0 Å². The third-order valence-corrected chi connectivity index (χ3v) is 1.98. The van der Waals surface area contributed by atoms with Crippen molar-refractivity contribution < 1.29 is 9.84 Å². The van der Waals surface area contributed by atoms with Crippen LogP contribution >= 0.6 is 0 Å². The van der Waals surface area contributed by atoms with Crippen molar-refractivity contribution in [3.05, 3.63) is 42.0 Å². The van der Waals surface area contributed by atoms with Crippen LogP contribution in [-0.4, -0.2) is 11.7 Å². The molecule has 1 atom stereocenters. The molecule has 0 aliphatic heterocycles. The zero-order valence-corrected chi connectivity index (χ0v) is 8.66. The molecular formula is C12H16O2. The average Bonchev–Trinajstić information content (AvgIpc) is 2.14. The first-order chi connectivity index (χ1) is 6.65. The van der Waals surface area contributed by atoms with E-state index in [9.17, 15) is 5.11 Å². The second-order valence-corrected chi connectivity index (χ2v) is 3.32. The fourth-order valence-electron chi connectivity index (χ4n) is 1.26. The molecule has 0 aliphatic carbocycles. The Morgan fingerprint density at radius 1 is 1.57 bits per heavy atom. The first kappa shape index (κ1) is 10.8. The number of aryl methyl sites for hydroxylation is 1. The van der Waals surface area contributed by atoms with Crippen molar-refractivity contribution in [3.63, 3.8) is 0 Å². The predicted molar refractivity (Wildman–Crippen MR) is 57.5 cm³/mol. The van der Waals surface area contributed by atoms with E-state index in [1.54, 1.807) is 13.0 Å². The number of ether oxygens (including phenoxy) is 1. The van der Waals surface area contributed by atoms with E-state index < -0.39 is 6.10 Å². The Labute approximate surface area is 84.8 Å². The third-order valence-electron chi connectivity index (χ3n) is 1.98. The molecule has 0 saturated heterocycles. The van der Waals surface area contributed by atoms with Gasteiger partial charge in [-0.05, 0) is 25.5 Å². The molecule has 0 amide bonds. The number of aliphatic hydroxyl groups is 1. The van der Waals surface area contributed by atoms with Crippen molar-refractivity contribution >= 4 is 0 Å². The molecule has 0 spiro atoms. The lowest BCUT2D eigenvalue weighted by Gasteiger charge is -2.12. The minimum absolute atomic E-state index is 0.461. The molecule has 0 radical (unpaired) electrons. The highest BCUT2D eigenvalue weighted by molar-refractivity contribution is 5.38. The summed E-state index contributed by atoms with van der Waals surface area (Å²) in [6.45, 7) is 7.77. The summed E-state index contributed by atoms with van der Waals surface area (Å²) >= 11 is 0. The number of hydrogen-bond donors (Lipinski definition) is 1. The highest BCUT2D eigenvalue weighted by Gasteiger charge is 2.08. The maximum absolute atomic E-state index is 9.49. The quantitative estimate of drug-likeness (QED) is 0.743. The van der Waals surface area contributed by atoms with Crippen LogP contribution in [0.2, 0.25) is 0 Å². The summed E-state index contributed by atoms with van der Waals surface area (Å²) < 4.78 is 5.45. The van der Waals surface area contributed by atoms with Crippen LogP contribution in [0.25, 0.3) is 0 Å². The molecule has 0 fully saturated rings. The molecule has 1 aromatic rings. The van der Waals surface area contributed by atoms with Gasteiger partial charge in [-0.15, -0.1) is 0 Å². The largest absolute Gasteiger partial charge is 0.489 e. The van der Waals surface area contributed by atoms with Crippen molar-refractivity contribution in [2.45, 2.75) is 20.0 Å². The lowest BCUT2D eigenvalue weighted by Crippen LogP contribution is -2.00. The second kappa shape index (κ2) is 4.82. The summed E-state index contributed by atoms with van der Waals surface area (Å²) in [6.07, 6.45) is 1.18. The Hall–Kier alpha value is -1.28. The van der Waals surface area contributed by atoms with Gasteiger partial charge in [-0.2, -0.15) is 0 Å². The SMILES string of the molecule is C=CCOc1cc(C)ccc1[C@@H](C)O. The average molecular weight is 192 g/mol. The van der Waals surface area contributed by atoms with Gasteiger partial charge in [0, 0.05) is 5.56 Å². The van der Waals surface area contributed by atoms with Gasteiger partial charge in [0.2, 0.25) is 0 Å². The number of rotatable bonds is 4. The van der Waals surface area contributed by atoms with Gasteiger partial charge < -0.3 is 9.84 Å². The zero-order chi connectivity index (χ0) is 10.6. The minimum atomic E-state index is -0.504. The Kier molecular flexibility index (Phi) is 3.72. The van der Waals surface area contributed by atoms with Crippen molar-refractivity contribution in [2.24, 2.45) is 0 Å². The number of hydrogen-bond acceptors (Lipinski definition) is 2. The minimum Gasteiger partial charge on any atom is -0.489 e. The molecule has 76 valence electrons. The molecule has 1 rings (SSSR count). The van der Waals surface area contributed by atoms with E-state index in [0.717, 1.165) is 16.9 Å². The first-order valence-corrected chi connectivity index (χ1v) is 4.67. The van der Waals surface area contributed by atoms with Crippen LogP contribution in [-0.2, 0) is 0 Å². The molecule has 0 heterocycles. The van der Waals surface area contributed by atoms with Gasteiger partial charge in [-0.1, -0.05) is 24.8 Å². The van der Waals surface area contributed by atoms with E-state index in [2.05, 4.69) is 6.58 Å². The van der Waals surface area contributed by atoms with Crippen molar-refractivity contribution in [2.75, 3.05) is 6.61 Å². The Morgan fingerprint density at radius 2 is 2.29 bits per heavy atom. The van der Waals surface area contributed by atoms with Crippen LogP contribution in [0.1, 0.15) is 24.2 Å². The van der Waals surface area contributed by atoms with Crippen molar-refractivity contribution in [1.29, 1.82) is 0 Å². The molecule has 0 aliphatic rings. The fraction of sp³-hybridized carbons (Fsp3) is 0.333. The Bertz CT molecular complexity index is 316. The summed E-state index contributed by atoms with van der Waals surface area (Å²) in [6, 6.07) is 5.77. The highest BCUT2D eigenvalue weighted by atomic mass is 16.5. The molecule has 1 N–H and O–H groups in total. The first-order valence-electron chi connectivity index (χ1n) is 4.67. The fourth-order valence-corrected chi connectivity index (χ4v) is 1.26. The molecular weight excluding hydrogens is 176 g/mol. The van der Waals surface area contributed by atoms with Gasteiger partial charge in [0.1, 0.15) is 12.4 Å². The van der Waals surface area contributed by atoms with Crippen LogP contribution in [0.4, 0.5) is 0 Å². The van der Waals surface area contributed by atoms with Crippen molar-refractivity contribution in [1.82, 2.24) is 0 Å². The van der Waals surface area contributed by atoms with Gasteiger partial charge in [0.25, 0.3) is 0 Å². The highest BCUT2D eigenvalue weighted by Crippen LogP contribution is 2.26. The van der Waals surface area contributed by atoms with Gasteiger partial charge in [-0.25, -0.2) is 0 Å². The number of aliphatic hydroxyl groups excluding tert-OH is 1. The summed E-state index contributed by atoms with van der Waals surface area (Å²) in [4.78, 5) is 0. The molecule has 2 nitrogen and oxygen atoms in total. The molecule has 2 heteroatoms. The molecule has 1 aromatic carbocycles. The summed E-state index contributed by atoms with van der Waals surface area (Å²) in [7, 11) is 0. The maximum atomic E-state index is 9.49. The summed E-state index contributed by atoms with van der Waals surface area (Å²) in [5.41, 5.74) is 1.94. The van der Waals surface area contributed by atoms with Gasteiger partial charge in [-0.3, -0.25) is 0 Å². The maximum Gasteiger partial charge on any atom is 0.125 e. The van der Waals surface area contributed by atoms with Gasteiger partial charge in [0.05, 0.1) is 6.10 Å². The second-order valence-electron chi connectivity index (χ2n) is 3.32. The van der Waals surface area contributed by atoms with Crippen LogP contribution in [0, 0.1) is 6.92 Å². The van der Waals surface area contributed by atoms with E-state index in [1.807, 2.05) is 25.1 Å². The van der Waals surface area contributed by atoms with E-state index in [0.29, 0.717) is 6.61 Å². The predicted octanol–water partition coefficient (Wildman–Crippen LogP) is 2.61. The van der Waals surface area contributed by atoms with Gasteiger partial charge in [0.15, 0.2) is 0 Å². The molecule has 14 heavy (non-hydrogen) atoms. The Balaban J connectivity index is 2.96. The van der Waals surface area contributed by atoms with Crippen LogP contribution in [0.5, 0.6) is 5.75 Å². The van der Waals surface area contributed by atoms with Gasteiger partial charge >= 0.3 is 0 Å². The van der Waals surface area contributed by atoms with Crippen molar-refractivity contribution in [3.8, 4) is 5.75 Å². The monoisotopic (exact) mass is 192 g/mol. The Morgan fingerprint density at radius 3 is 2.86 bits per heavy atom. The van der Waals surface area contributed by atoms with Crippen LogP contribution in [0.3, 0.4) is 0 Å². The third kappa shape index (κ3) is 2.60. The smallest absolute Gasteiger partial charge is 0.125 e. The van der Waals surface area contributed by atoms with E-state index >= 15 is 0 Å². The topological polar surface area (TPSA) is 29.5 Å². The zero-order valence-electron chi connectivity index (χ0n) is 8.66. The normalized spacial score (nSPS) is 12.2. The summed E-state index contributed by atoms with van der Waals surface area (Å²) in [5, 5.41) is 9.49. The molecule has 0 aromatic heterocycles. The molecule has 0 saturated carbocycles. The molecule has 0 bridgehead atoms. The summed E-state index contributed by atoms with van der Waals surface area (Å²) in [5.74, 6) is 0.736. The standard InChI is InChI=1S/C12H16O2/c1-4-7-14-12-8-9(2)5-6-11(12)10(3)13/h4-6,8,10,13H,1,7H2,2-3H3/t10-/m1/s1. The van der Waals surface area contributed by atoms with E-state index in [-0.39, 0.29) is 0 Å².